The van der Waals surface area contributed by atoms with Crippen molar-refractivity contribution in [2.24, 2.45) is 0 Å². The largest absolute Gasteiger partial charge is 0.460 e. The van der Waals surface area contributed by atoms with Crippen LogP contribution in [0.1, 0.15) is 120 Å². The van der Waals surface area contributed by atoms with Crippen LogP contribution in [0, 0.1) is 0 Å². The zero-order valence-corrected chi connectivity index (χ0v) is 47.8. The van der Waals surface area contributed by atoms with Crippen LogP contribution in [0.2, 0.25) is 0 Å². The van der Waals surface area contributed by atoms with Crippen LogP contribution in [0.25, 0.3) is 0 Å². The Labute approximate surface area is 472 Å². The molecule has 1 rings (SSSR count). The smallest absolute Gasteiger partial charge is 0.425 e. The summed E-state index contributed by atoms with van der Waals surface area (Å²) in [5.74, 6) is -14.5. The molecular weight excluding hydrogens is 1130 g/mol. The van der Waals surface area contributed by atoms with Gasteiger partial charge in [-0.15, -0.1) is 17.7 Å². The first-order valence-electron chi connectivity index (χ1n) is 25.4. The van der Waals surface area contributed by atoms with Gasteiger partial charge in [0.2, 0.25) is 24.4 Å². The highest BCUT2D eigenvalue weighted by molar-refractivity contribution is 7.59. The molecule has 2 N–H and O–H groups in total. The van der Waals surface area contributed by atoms with Crippen LogP contribution in [0.15, 0.2) is 0 Å². The van der Waals surface area contributed by atoms with Crippen LogP contribution < -0.4 is 5.32 Å². The normalized spacial score (nSPS) is 14.4. The van der Waals surface area contributed by atoms with Crippen molar-refractivity contribution in [3.63, 3.8) is 0 Å². The number of aliphatic hydroxyl groups is 1. The Morgan fingerprint density at radius 3 is 0.963 bits per heavy atom. The molecule has 466 valence electrons. The molecule has 0 aromatic carbocycles. The number of ether oxygens (including phenoxy) is 12. The third-order valence-corrected chi connectivity index (χ3v) is 9.87. The third-order valence-electron chi connectivity index (χ3n) is 9.87. The van der Waals surface area contributed by atoms with Crippen LogP contribution in [-0.2, 0) is 139 Å². The van der Waals surface area contributed by atoms with E-state index in [1.807, 2.05) is 0 Å². The molecule has 33 nitrogen and oxygen atoms in total. The summed E-state index contributed by atoms with van der Waals surface area (Å²) in [7, 11) is -0.436. The van der Waals surface area contributed by atoms with Crippen molar-refractivity contribution in [1.82, 2.24) is 10.4 Å². The van der Waals surface area contributed by atoms with E-state index in [0.717, 1.165) is 0 Å². The maximum Gasteiger partial charge on any atom is 0.425 e. The number of esters is 10. The summed E-state index contributed by atoms with van der Waals surface area (Å²) in [6.45, 7) is 9.79. The second kappa shape index (κ2) is 43.1. The molecule has 0 saturated carbocycles. The molecule has 8 atom stereocenters. The summed E-state index contributed by atoms with van der Waals surface area (Å²) < 4.78 is 87.2. The van der Waals surface area contributed by atoms with Crippen molar-refractivity contribution in [3.8, 4) is 0 Å². The predicted octanol–water partition coefficient (Wildman–Crippen LogP) is -1.36. The van der Waals surface area contributed by atoms with Crippen molar-refractivity contribution in [2.75, 3.05) is 53.8 Å². The Morgan fingerprint density at radius 1 is 0.439 bits per heavy atom. The van der Waals surface area contributed by atoms with E-state index in [1.54, 1.807) is 0 Å². The molecule has 0 aliphatic carbocycles. The summed E-state index contributed by atoms with van der Waals surface area (Å²) in [4.78, 5) is 180. The average Bonchev–Trinajstić information content (AvgIpc) is 3.93. The van der Waals surface area contributed by atoms with Gasteiger partial charge in [-0.1, -0.05) is 55.4 Å². The minimum Gasteiger partial charge on any atom is -0.460 e. The topological polar surface area (TPSA) is 446 Å². The van der Waals surface area contributed by atoms with Gasteiger partial charge in [-0.25, -0.2) is 14.4 Å². The van der Waals surface area contributed by atoms with Gasteiger partial charge < -0.3 is 72.1 Å². The molecule has 1 aliphatic rings. The highest BCUT2D eigenvalue weighted by Gasteiger charge is 2.53. The second-order valence-corrected chi connectivity index (χ2v) is 16.2. The summed E-state index contributed by atoms with van der Waals surface area (Å²) in [5, 5.41) is 11.5. The summed E-state index contributed by atoms with van der Waals surface area (Å²) in [5.41, 5.74) is 0. The van der Waals surface area contributed by atoms with E-state index in [2.05, 4.69) is 5.32 Å². The van der Waals surface area contributed by atoms with Gasteiger partial charge in [0.05, 0.1) is 19.8 Å². The Bertz CT molecular complexity index is 2250. The zero-order chi connectivity index (χ0) is 63.1. The molecule has 3 amide bonds. The Hall–Kier alpha value is -7.72. The Kier molecular flexibility index (Phi) is 40.1. The van der Waals surface area contributed by atoms with Crippen LogP contribution in [0.3, 0.4) is 0 Å². The monoisotopic (exact) mass is 1200 g/mol. The van der Waals surface area contributed by atoms with E-state index in [-0.39, 0.29) is 102 Å². The lowest BCUT2D eigenvalue weighted by atomic mass is 10.0. The Balaban J connectivity index is 0. The van der Waals surface area contributed by atoms with Gasteiger partial charge in [0.15, 0.2) is 24.4 Å². The van der Waals surface area contributed by atoms with Crippen LogP contribution in [0.5, 0.6) is 0 Å². The number of nitrogens with zero attached hydrogens (tertiary/aromatic N) is 1. The van der Waals surface area contributed by atoms with E-state index >= 15 is 0 Å². The number of carbonyl (C=O) groups is 14. The van der Waals surface area contributed by atoms with Gasteiger partial charge in [0.25, 0.3) is 17.7 Å². The summed E-state index contributed by atoms with van der Waals surface area (Å²) in [6.07, 6.45) is -19.2. The number of hydroxylamine groups is 2. The molecule has 0 spiro atoms. The standard InChI is InChI=1S/C25H35NO15.C23H37NO13.O3S/c1-6-16(29)37-20(22(39-18(31)8-3)24(33)36-13-12-35-5)21(38-17(30)7-2)23(40-19(32)9-4)25(34)41-26-14(27)10-11-15(26)28;1-6-14(26)34-18(20(36-16(28)8-3)22(30)24-10-11-25)19(35-15(27)7-2)21(37-17(29)9-4)23(31)33-13-12-32-5;1-4(2)3/h20-23H,6-13H2,1-5H3;18-21,25H,6-13H2,1-5H3,(H,24,30);. The summed E-state index contributed by atoms with van der Waals surface area (Å²) >= 11 is 0. The number of hydrogen-bond donors (Lipinski definition) is 2. The van der Waals surface area contributed by atoms with E-state index in [4.69, 9.17) is 79.4 Å². The highest BCUT2D eigenvalue weighted by atomic mass is 32.2. The lowest BCUT2D eigenvalue weighted by Gasteiger charge is -2.34. The molecule has 1 fully saturated rings. The van der Waals surface area contributed by atoms with E-state index in [9.17, 15) is 67.1 Å². The molecular formula is C48H72N2O31S. The number of methoxy groups -OCH3 is 2. The van der Waals surface area contributed by atoms with Crippen molar-refractivity contribution >= 4 is 94.0 Å². The maximum absolute atomic E-state index is 13.3. The molecule has 0 bridgehead atoms. The number of amides is 3. The average molecular weight is 1210 g/mol. The molecule has 0 radical (unpaired) electrons. The predicted molar refractivity (Wildman–Crippen MR) is 264 cm³/mol. The quantitative estimate of drug-likeness (QED) is 0.0320. The van der Waals surface area contributed by atoms with Crippen LogP contribution >= 0.6 is 0 Å². The molecule has 8 unspecified atom stereocenters. The molecule has 0 aromatic heterocycles. The molecule has 1 heterocycles. The summed E-state index contributed by atoms with van der Waals surface area (Å²) in [6, 6.07) is 0. The van der Waals surface area contributed by atoms with Gasteiger partial charge in [-0.3, -0.25) is 52.7 Å². The molecule has 1 saturated heterocycles. The lowest BCUT2D eigenvalue weighted by Crippen LogP contribution is -2.58. The van der Waals surface area contributed by atoms with Crippen LogP contribution in [-0.4, -0.2) is 209 Å². The van der Waals surface area contributed by atoms with Crippen molar-refractivity contribution in [3.05, 3.63) is 0 Å². The SMILES string of the molecule is CCC(=O)OC(C(=O)NCCO)C(OC(=O)CC)C(OC(=O)CC)C(OC(=O)CC)C(=O)OCCOC.CCC(=O)OC(C(=O)OCCOC)C(OC(=O)CC)C(OC(=O)CC)C(OC(=O)CC)C(=O)ON1C(=O)CCC1=O.O=S(=O)=O. The Morgan fingerprint density at radius 2 is 0.695 bits per heavy atom. The third kappa shape index (κ3) is 29.7. The van der Waals surface area contributed by atoms with E-state index in [0.29, 0.717) is 0 Å². The van der Waals surface area contributed by atoms with Gasteiger partial charge in [0, 0.05) is 85.0 Å². The molecule has 34 heteroatoms. The van der Waals surface area contributed by atoms with Gasteiger partial charge in [0.1, 0.15) is 13.2 Å². The van der Waals surface area contributed by atoms with Crippen LogP contribution in [0.4, 0.5) is 0 Å². The van der Waals surface area contributed by atoms with Crippen molar-refractivity contribution in [1.29, 1.82) is 0 Å². The lowest BCUT2D eigenvalue weighted by molar-refractivity contribution is -0.223. The minimum absolute atomic E-state index is 0.0197. The number of rotatable bonds is 35. The van der Waals surface area contributed by atoms with Gasteiger partial charge in [-0.2, -0.15) is 0 Å². The minimum atomic E-state index is -3.11. The zero-order valence-electron chi connectivity index (χ0n) is 47.0. The van der Waals surface area contributed by atoms with E-state index < -0.39 is 149 Å². The van der Waals surface area contributed by atoms with Gasteiger partial charge >= 0.3 is 76.3 Å². The van der Waals surface area contributed by atoms with E-state index in [1.165, 1.54) is 69.6 Å². The fourth-order valence-electron chi connectivity index (χ4n) is 5.76. The first-order chi connectivity index (χ1) is 38.7. The fourth-order valence-corrected chi connectivity index (χ4v) is 5.76. The first-order valence-corrected chi connectivity index (χ1v) is 26.4. The number of imide groups is 1. The molecule has 1 aliphatic heterocycles. The number of hydrogen-bond acceptors (Lipinski definition) is 31. The second-order valence-electron chi connectivity index (χ2n) is 15.8. The number of nitrogens with one attached hydrogen (secondary N) is 1. The molecule has 0 aromatic rings. The fraction of sp³-hybridized carbons (Fsp3) is 0.708. The first kappa shape index (κ1) is 76.3. The number of carbonyl (C=O) groups excluding carboxylic acids is 14. The number of aliphatic hydroxyl groups excluding tert-OH is 1. The maximum atomic E-state index is 13.3. The van der Waals surface area contributed by atoms with Gasteiger partial charge in [-0.05, 0) is 0 Å². The molecule has 82 heavy (non-hydrogen) atoms. The van der Waals surface area contributed by atoms with Crippen molar-refractivity contribution < 1.29 is 147 Å². The van der Waals surface area contributed by atoms with Crippen molar-refractivity contribution in [2.45, 2.75) is 168 Å². The highest BCUT2D eigenvalue weighted by Crippen LogP contribution is 2.26.